The van der Waals surface area contributed by atoms with Crippen LogP contribution in [0.2, 0.25) is 0 Å². The molecule has 2 amide bonds. The number of amides is 2. The Balaban J connectivity index is 1.95. The second-order valence-electron chi connectivity index (χ2n) is 5.86. The highest BCUT2D eigenvalue weighted by Crippen LogP contribution is 2.23. The fourth-order valence-electron chi connectivity index (χ4n) is 2.93. The molecular weight excluding hydrogens is 228 g/mol. The molecule has 2 fully saturated rings. The van der Waals surface area contributed by atoms with E-state index in [1.807, 2.05) is 4.90 Å². The average molecular weight is 252 g/mol. The molecule has 4 nitrogen and oxygen atoms in total. The van der Waals surface area contributed by atoms with Crippen LogP contribution in [0.25, 0.3) is 0 Å². The smallest absolute Gasteiger partial charge is 0.245 e. The third kappa shape index (κ3) is 2.85. The van der Waals surface area contributed by atoms with Crippen molar-refractivity contribution in [1.82, 2.24) is 9.80 Å². The van der Waals surface area contributed by atoms with E-state index >= 15 is 0 Å². The van der Waals surface area contributed by atoms with Crippen LogP contribution in [0, 0.1) is 5.92 Å². The van der Waals surface area contributed by atoms with Crippen LogP contribution in [0.1, 0.15) is 46.0 Å². The van der Waals surface area contributed by atoms with Gasteiger partial charge >= 0.3 is 0 Å². The predicted octanol–water partition coefficient (Wildman–Crippen LogP) is 1.65. The van der Waals surface area contributed by atoms with E-state index in [4.69, 9.17) is 0 Å². The maximum Gasteiger partial charge on any atom is 0.245 e. The summed E-state index contributed by atoms with van der Waals surface area (Å²) in [6.45, 7) is 6.60. The maximum atomic E-state index is 12.4. The Bertz CT molecular complexity index is 328. The number of carbonyl (C=O) groups excluding carboxylic acids is 2. The van der Waals surface area contributed by atoms with E-state index in [-0.39, 0.29) is 17.9 Å². The molecule has 0 saturated carbocycles. The molecule has 18 heavy (non-hydrogen) atoms. The Morgan fingerprint density at radius 3 is 2.78 bits per heavy atom. The van der Waals surface area contributed by atoms with E-state index in [1.165, 1.54) is 0 Å². The van der Waals surface area contributed by atoms with Gasteiger partial charge in [0.15, 0.2) is 0 Å². The van der Waals surface area contributed by atoms with E-state index in [0.717, 1.165) is 38.8 Å². The lowest BCUT2D eigenvalue weighted by Gasteiger charge is -2.25. The van der Waals surface area contributed by atoms with Crippen LogP contribution in [0.5, 0.6) is 0 Å². The summed E-state index contributed by atoms with van der Waals surface area (Å²) in [7, 11) is 0. The van der Waals surface area contributed by atoms with Crippen LogP contribution in [-0.4, -0.2) is 47.3 Å². The van der Waals surface area contributed by atoms with Gasteiger partial charge in [-0.25, -0.2) is 0 Å². The van der Waals surface area contributed by atoms with Crippen LogP contribution < -0.4 is 0 Å². The Labute approximate surface area is 109 Å². The first-order valence-electron chi connectivity index (χ1n) is 7.18. The Hall–Kier alpha value is -1.06. The van der Waals surface area contributed by atoms with Crippen molar-refractivity contribution >= 4 is 11.8 Å². The molecular formula is C14H24N2O2. The molecule has 2 saturated heterocycles. The fourth-order valence-corrected chi connectivity index (χ4v) is 2.93. The monoisotopic (exact) mass is 252 g/mol. The third-order valence-corrected chi connectivity index (χ3v) is 3.97. The predicted molar refractivity (Wildman–Crippen MR) is 70.0 cm³/mol. The fraction of sp³-hybridized carbons (Fsp3) is 0.857. The Morgan fingerprint density at radius 2 is 2.06 bits per heavy atom. The van der Waals surface area contributed by atoms with Crippen molar-refractivity contribution in [2.75, 3.05) is 19.6 Å². The van der Waals surface area contributed by atoms with Crippen molar-refractivity contribution in [3.05, 3.63) is 0 Å². The molecule has 1 atom stereocenters. The molecule has 1 unspecified atom stereocenters. The lowest BCUT2D eigenvalue weighted by molar-refractivity contribution is -0.139. The summed E-state index contributed by atoms with van der Waals surface area (Å²) in [4.78, 5) is 28.0. The van der Waals surface area contributed by atoms with Crippen molar-refractivity contribution in [3.63, 3.8) is 0 Å². The molecule has 4 heteroatoms. The zero-order valence-electron chi connectivity index (χ0n) is 11.5. The van der Waals surface area contributed by atoms with Gasteiger partial charge in [0.2, 0.25) is 11.8 Å². The molecule has 0 bridgehead atoms. The first-order chi connectivity index (χ1) is 8.59. The summed E-state index contributed by atoms with van der Waals surface area (Å²) >= 11 is 0. The first kappa shape index (κ1) is 13.4. The molecule has 0 N–H and O–H groups in total. The van der Waals surface area contributed by atoms with Crippen LogP contribution in [-0.2, 0) is 9.59 Å². The van der Waals surface area contributed by atoms with E-state index < -0.39 is 0 Å². The summed E-state index contributed by atoms with van der Waals surface area (Å²) < 4.78 is 0. The summed E-state index contributed by atoms with van der Waals surface area (Å²) in [5.41, 5.74) is 0. The number of rotatable bonds is 4. The van der Waals surface area contributed by atoms with Crippen molar-refractivity contribution < 1.29 is 9.59 Å². The van der Waals surface area contributed by atoms with Gasteiger partial charge in [-0.15, -0.1) is 0 Å². The SMILES string of the molecule is CC(C)CCCN1CCC(=O)N2CCCC2C1=O. The highest BCUT2D eigenvalue weighted by Gasteiger charge is 2.38. The minimum absolute atomic E-state index is 0.154. The number of hydrogen-bond donors (Lipinski definition) is 0. The van der Waals surface area contributed by atoms with Gasteiger partial charge in [0.1, 0.15) is 6.04 Å². The minimum atomic E-state index is -0.154. The van der Waals surface area contributed by atoms with E-state index in [0.29, 0.717) is 18.9 Å². The summed E-state index contributed by atoms with van der Waals surface area (Å²) in [6.07, 6.45) is 4.52. The van der Waals surface area contributed by atoms with Gasteiger partial charge in [0.05, 0.1) is 0 Å². The van der Waals surface area contributed by atoms with Crippen molar-refractivity contribution in [3.8, 4) is 0 Å². The number of hydrogen-bond acceptors (Lipinski definition) is 2. The molecule has 0 spiro atoms. The molecule has 2 aliphatic rings. The molecule has 2 rings (SSSR count). The van der Waals surface area contributed by atoms with E-state index in [9.17, 15) is 9.59 Å². The van der Waals surface area contributed by atoms with Gasteiger partial charge in [-0.3, -0.25) is 9.59 Å². The minimum Gasteiger partial charge on any atom is -0.340 e. The van der Waals surface area contributed by atoms with Crippen molar-refractivity contribution in [2.24, 2.45) is 5.92 Å². The highest BCUT2D eigenvalue weighted by atomic mass is 16.2. The zero-order valence-corrected chi connectivity index (χ0v) is 11.5. The van der Waals surface area contributed by atoms with E-state index in [2.05, 4.69) is 13.8 Å². The lowest BCUT2D eigenvalue weighted by atomic mass is 10.1. The maximum absolute atomic E-state index is 12.4. The van der Waals surface area contributed by atoms with Crippen molar-refractivity contribution in [1.29, 1.82) is 0 Å². The third-order valence-electron chi connectivity index (χ3n) is 3.97. The van der Waals surface area contributed by atoms with Crippen molar-refractivity contribution in [2.45, 2.75) is 52.0 Å². The standard InChI is InChI=1S/C14H24N2O2/c1-11(2)5-3-8-15-10-7-13(17)16-9-4-6-12(16)14(15)18/h11-12H,3-10H2,1-2H3. The normalized spacial score (nSPS) is 24.7. The topological polar surface area (TPSA) is 40.6 Å². The van der Waals surface area contributed by atoms with Gasteiger partial charge < -0.3 is 9.80 Å². The molecule has 0 aromatic carbocycles. The Morgan fingerprint density at radius 1 is 1.28 bits per heavy atom. The summed E-state index contributed by atoms with van der Waals surface area (Å²) in [6, 6.07) is -0.154. The highest BCUT2D eigenvalue weighted by molar-refractivity contribution is 5.90. The number of nitrogens with zero attached hydrogens (tertiary/aromatic N) is 2. The van der Waals surface area contributed by atoms with Crippen LogP contribution >= 0.6 is 0 Å². The average Bonchev–Trinajstić information content (AvgIpc) is 2.77. The lowest BCUT2D eigenvalue weighted by Crippen LogP contribution is -2.43. The first-order valence-corrected chi connectivity index (χ1v) is 7.18. The molecule has 0 aliphatic carbocycles. The molecule has 0 radical (unpaired) electrons. The van der Waals surface area contributed by atoms with Gasteiger partial charge in [-0.2, -0.15) is 0 Å². The quantitative estimate of drug-likeness (QED) is 0.763. The largest absolute Gasteiger partial charge is 0.340 e. The summed E-state index contributed by atoms with van der Waals surface area (Å²) in [5.74, 6) is 1.02. The van der Waals surface area contributed by atoms with Gasteiger partial charge in [-0.05, 0) is 31.6 Å². The number of fused-ring (bicyclic) bond motifs is 1. The van der Waals surface area contributed by atoms with Crippen LogP contribution in [0.3, 0.4) is 0 Å². The second-order valence-corrected chi connectivity index (χ2v) is 5.86. The molecule has 0 aromatic rings. The number of carbonyl (C=O) groups is 2. The van der Waals surface area contributed by atoms with Crippen LogP contribution in [0.4, 0.5) is 0 Å². The molecule has 0 aromatic heterocycles. The van der Waals surface area contributed by atoms with E-state index in [1.54, 1.807) is 4.90 Å². The zero-order chi connectivity index (χ0) is 13.1. The van der Waals surface area contributed by atoms with Gasteiger partial charge in [-0.1, -0.05) is 13.8 Å². The summed E-state index contributed by atoms with van der Waals surface area (Å²) in [5, 5.41) is 0. The second kappa shape index (κ2) is 5.72. The van der Waals surface area contributed by atoms with Gasteiger partial charge in [0.25, 0.3) is 0 Å². The molecule has 102 valence electrons. The Kier molecular flexibility index (Phi) is 4.25. The molecule has 2 heterocycles. The van der Waals surface area contributed by atoms with Crippen LogP contribution in [0.15, 0.2) is 0 Å². The molecule has 2 aliphatic heterocycles. The van der Waals surface area contributed by atoms with Gasteiger partial charge in [0, 0.05) is 26.1 Å².